The van der Waals surface area contributed by atoms with E-state index in [1.165, 1.54) is 0 Å². The molecular formula is C12H19N3O2. The van der Waals surface area contributed by atoms with Crippen molar-refractivity contribution in [2.45, 2.75) is 51.9 Å². The summed E-state index contributed by atoms with van der Waals surface area (Å²) in [4.78, 5) is 15.8. The standard InChI is InChI=1S/C12H19N3O2/c1-2-5-9-13-10(15-14-9)8-12(11(16)17)6-3-4-7-12/h2-8H2,1H3,(H,16,17)(H,13,14,15). The van der Waals surface area contributed by atoms with E-state index >= 15 is 0 Å². The normalized spacial score (nSPS) is 18.4. The zero-order chi connectivity index (χ0) is 12.3. The highest BCUT2D eigenvalue weighted by Crippen LogP contribution is 2.40. The Morgan fingerprint density at radius 3 is 2.76 bits per heavy atom. The fourth-order valence-corrected chi connectivity index (χ4v) is 2.59. The minimum Gasteiger partial charge on any atom is -0.481 e. The Hall–Kier alpha value is -1.39. The summed E-state index contributed by atoms with van der Waals surface area (Å²) in [6.07, 6.45) is 5.85. The highest BCUT2D eigenvalue weighted by atomic mass is 16.4. The number of aryl methyl sites for hydroxylation is 1. The van der Waals surface area contributed by atoms with Crippen LogP contribution in [0.1, 0.15) is 50.7 Å². The maximum atomic E-state index is 11.4. The first-order valence-electron chi connectivity index (χ1n) is 6.30. The van der Waals surface area contributed by atoms with Gasteiger partial charge in [0.1, 0.15) is 5.82 Å². The van der Waals surface area contributed by atoms with E-state index in [1.54, 1.807) is 0 Å². The first-order chi connectivity index (χ1) is 8.16. The van der Waals surface area contributed by atoms with Crippen LogP contribution in [0.5, 0.6) is 0 Å². The summed E-state index contributed by atoms with van der Waals surface area (Å²) in [7, 11) is 0. The molecule has 1 heterocycles. The van der Waals surface area contributed by atoms with Crippen molar-refractivity contribution in [3.63, 3.8) is 0 Å². The molecule has 2 N–H and O–H groups in total. The molecular weight excluding hydrogens is 218 g/mol. The van der Waals surface area contributed by atoms with Gasteiger partial charge in [-0.25, -0.2) is 4.98 Å². The average molecular weight is 237 g/mol. The Labute approximate surface area is 101 Å². The summed E-state index contributed by atoms with van der Waals surface area (Å²) >= 11 is 0. The van der Waals surface area contributed by atoms with Crippen LogP contribution in [0.25, 0.3) is 0 Å². The summed E-state index contributed by atoms with van der Waals surface area (Å²) in [6.45, 7) is 2.08. The number of nitrogens with zero attached hydrogens (tertiary/aromatic N) is 2. The highest BCUT2D eigenvalue weighted by molar-refractivity contribution is 5.75. The molecule has 1 aliphatic rings. The maximum absolute atomic E-state index is 11.4. The number of nitrogens with one attached hydrogen (secondary N) is 1. The second-order valence-electron chi connectivity index (χ2n) is 4.92. The lowest BCUT2D eigenvalue weighted by molar-refractivity contribution is -0.148. The predicted octanol–water partition coefficient (Wildman–Crippen LogP) is 1.94. The number of H-pyrrole nitrogens is 1. The van der Waals surface area contributed by atoms with Crippen molar-refractivity contribution in [3.05, 3.63) is 11.6 Å². The van der Waals surface area contributed by atoms with Gasteiger partial charge in [0, 0.05) is 12.8 Å². The van der Waals surface area contributed by atoms with E-state index in [4.69, 9.17) is 0 Å². The van der Waals surface area contributed by atoms with E-state index in [-0.39, 0.29) is 0 Å². The van der Waals surface area contributed by atoms with Crippen LogP contribution < -0.4 is 0 Å². The van der Waals surface area contributed by atoms with Gasteiger partial charge in [0.2, 0.25) is 0 Å². The van der Waals surface area contributed by atoms with E-state index in [2.05, 4.69) is 22.1 Å². The van der Waals surface area contributed by atoms with Crippen LogP contribution in [-0.4, -0.2) is 26.3 Å². The fourth-order valence-electron chi connectivity index (χ4n) is 2.59. The molecule has 0 atom stereocenters. The molecule has 1 aromatic rings. The molecule has 5 heteroatoms. The Balaban J connectivity index is 2.09. The van der Waals surface area contributed by atoms with Gasteiger partial charge in [-0.05, 0) is 19.3 Å². The minimum atomic E-state index is -0.691. The number of aliphatic carboxylic acids is 1. The Morgan fingerprint density at radius 2 is 2.18 bits per heavy atom. The number of carboxylic acids is 1. The lowest BCUT2D eigenvalue weighted by Gasteiger charge is -2.21. The Morgan fingerprint density at radius 1 is 1.47 bits per heavy atom. The summed E-state index contributed by atoms with van der Waals surface area (Å²) in [6, 6.07) is 0. The van der Waals surface area contributed by atoms with Crippen molar-refractivity contribution in [1.29, 1.82) is 0 Å². The molecule has 0 unspecified atom stereocenters. The average Bonchev–Trinajstić information content (AvgIpc) is 2.90. The summed E-state index contributed by atoms with van der Waals surface area (Å²) in [5.74, 6) is 0.822. The summed E-state index contributed by atoms with van der Waals surface area (Å²) in [5.41, 5.74) is -0.608. The van der Waals surface area contributed by atoms with Gasteiger partial charge in [-0.2, -0.15) is 5.10 Å². The molecule has 0 aliphatic heterocycles. The van der Waals surface area contributed by atoms with Crippen molar-refractivity contribution in [2.24, 2.45) is 5.41 Å². The quantitative estimate of drug-likeness (QED) is 0.820. The lowest BCUT2D eigenvalue weighted by Crippen LogP contribution is -2.30. The number of hydrogen-bond acceptors (Lipinski definition) is 3. The zero-order valence-corrected chi connectivity index (χ0v) is 10.2. The molecule has 0 saturated heterocycles. The third-order valence-corrected chi connectivity index (χ3v) is 3.57. The third kappa shape index (κ3) is 2.48. The van der Waals surface area contributed by atoms with Crippen LogP contribution in [0.3, 0.4) is 0 Å². The van der Waals surface area contributed by atoms with Crippen LogP contribution in [0.2, 0.25) is 0 Å². The van der Waals surface area contributed by atoms with Crippen LogP contribution >= 0.6 is 0 Å². The van der Waals surface area contributed by atoms with Gasteiger partial charge >= 0.3 is 5.97 Å². The van der Waals surface area contributed by atoms with Crippen LogP contribution in [0.15, 0.2) is 0 Å². The van der Waals surface area contributed by atoms with Crippen molar-refractivity contribution < 1.29 is 9.90 Å². The molecule has 0 aromatic carbocycles. The third-order valence-electron chi connectivity index (χ3n) is 3.57. The number of rotatable bonds is 5. The molecule has 17 heavy (non-hydrogen) atoms. The van der Waals surface area contributed by atoms with E-state index in [0.717, 1.165) is 50.2 Å². The van der Waals surface area contributed by atoms with E-state index in [0.29, 0.717) is 6.42 Å². The maximum Gasteiger partial charge on any atom is 0.310 e. The molecule has 0 amide bonds. The van der Waals surface area contributed by atoms with Crippen molar-refractivity contribution in [2.75, 3.05) is 0 Å². The van der Waals surface area contributed by atoms with Gasteiger partial charge in [0.15, 0.2) is 5.82 Å². The summed E-state index contributed by atoms with van der Waals surface area (Å²) in [5, 5.41) is 16.4. The van der Waals surface area contributed by atoms with Crippen molar-refractivity contribution >= 4 is 5.97 Å². The van der Waals surface area contributed by atoms with E-state index < -0.39 is 11.4 Å². The molecule has 0 spiro atoms. The van der Waals surface area contributed by atoms with Gasteiger partial charge in [0.05, 0.1) is 5.41 Å². The van der Waals surface area contributed by atoms with Crippen molar-refractivity contribution in [3.8, 4) is 0 Å². The fraction of sp³-hybridized carbons (Fsp3) is 0.750. The Kier molecular flexibility index (Phi) is 3.45. The Bertz CT molecular complexity index is 394. The van der Waals surface area contributed by atoms with Gasteiger partial charge in [0.25, 0.3) is 0 Å². The van der Waals surface area contributed by atoms with E-state index in [1.807, 2.05) is 0 Å². The van der Waals surface area contributed by atoms with Gasteiger partial charge in [-0.1, -0.05) is 19.8 Å². The number of hydrogen-bond donors (Lipinski definition) is 2. The van der Waals surface area contributed by atoms with Crippen LogP contribution in [0.4, 0.5) is 0 Å². The molecule has 1 fully saturated rings. The molecule has 5 nitrogen and oxygen atoms in total. The first-order valence-corrected chi connectivity index (χ1v) is 6.30. The molecule has 1 saturated carbocycles. The second-order valence-corrected chi connectivity index (χ2v) is 4.92. The number of aromatic nitrogens is 3. The van der Waals surface area contributed by atoms with Gasteiger partial charge in [-0.15, -0.1) is 0 Å². The minimum absolute atomic E-state index is 0.485. The molecule has 0 bridgehead atoms. The summed E-state index contributed by atoms with van der Waals surface area (Å²) < 4.78 is 0. The smallest absolute Gasteiger partial charge is 0.310 e. The van der Waals surface area contributed by atoms with E-state index in [9.17, 15) is 9.90 Å². The molecule has 2 rings (SSSR count). The largest absolute Gasteiger partial charge is 0.481 e. The van der Waals surface area contributed by atoms with Gasteiger partial charge < -0.3 is 5.11 Å². The van der Waals surface area contributed by atoms with Crippen LogP contribution in [-0.2, 0) is 17.6 Å². The lowest BCUT2D eigenvalue weighted by atomic mass is 9.82. The van der Waals surface area contributed by atoms with Crippen LogP contribution in [0, 0.1) is 5.41 Å². The highest BCUT2D eigenvalue weighted by Gasteiger charge is 2.42. The predicted molar refractivity (Wildman–Crippen MR) is 62.6 cm³/mol. The molecule has 94 valence electrons. The van der Waals surface area contributed by atoms with Crippen molar-refractivity contribution in [1.82, 2.24) is 15.2 Å². The topological polar surface area (TPSA) is 78.9 Å². The molecule has 1 aromatic heterocycles. The second kappa shape index (κ2) is 4.85. The number of carboxylic acid groups (broad SMARTS) is 1. The zero-order valence-electron chi connectivity index (χ0n) is 10.2. The van der Waals surface area contributed by atoms with Gasteiger partial charge in [-0.3, -0.25) is 9.89 Å². The monoisotopic (exact) mass is 237 g/mol. The molecule has 1 aliphatic carbocycles. The molecule has 0 radical (unpaired) electrons. The first kappa shape index (κ1) is 12.1. The SMILES string of the molecule is CCCc1n[nH]c(CC2(C(=O)O)CCCC2)n1. The number of carbonyl (C=O) groups is 1. The number of aromatic amines is 1.